The van der Waals surface area contributed by atoms with Crippen LogP contribution in [0.25, 0.3) is 10.9 Å². The molecule has 0 bridgehead atoms. The average Bonchev–Trinajstić information content (AvgIpc) is 2.45. The Morgan fingerprint density at radius 3 is 2.75 bits per heavy atom. The standard InChI is InChI=1S/C14H16N4OS/c1-8(14(19)16-2)17-13-10(12(15)20)7-9-5-3-4-6-11(9)18-13/h3-8H,1-2H3,(H2,15,20)(H,16,19)(H,17,18). The fourth-order valence-corrected chi connectivity index (χ4v) is 2.06. The first-order valence-corrected chi connectivity index (χ1v) is 6.61. The highest BCUT2D eigenvalue weighted by molar-refractivity contribution is 7.80. The Kier molecular flexibility index (Phi) is 4.14. The lowest BCUT2D eigenvalue weighted by atomic mass is 10.1. The maximum Gasteiger partial charge on any atom is 0.241 e. The van der Waals surface area contributed by atoms with E-state index in [1.807, 2.05) is 30.3 Å². The Bertz CT molecular complexity index is 671. The van der Waals surface area contributed by atoms with Crippen molar-refractivity contribution < 1.29 is 4.79 Å². The van der Waals surface area contributed by atoms with Gasteiger partial charge in [-0.3, -0.25) is 4.79 Å². The van der Waals surface area contributed by atoms with Crippen molar-refractivity contribution in [3.05, 3.63) is 35.9 Å². The summed E-state index contributed by atoms with van der Waals surface area (Å²) in [4.78, 5) is 16.3. The normalized spacial score (nSPS) is 11.9. The van der Waals surface area contributed by atoms with Gasteiger partial charge in [0.05, 0.1) is 11.1 Å². The van der Waals surface area contributed by atoms with E-state index in [1.54, 1.807) is 14.0 Å². The minimum atomic E-state index is -0.429. The summed E-state index contributed by atoms with van der Waals surface area (Å²) in [6.45, 7) is 1.75. The maximum absolute atomic E-state index is 11.6. The van der Waals surface area contributed by atoms with Crippen LogP contribution in [0.5, 0.6) is 0 Å². The number of hydrogen-bond acceptors (Lipinski definition) is 4. The Morgan fingerprint density at radius 2 is 2.10 bits per heavy atom. The van der Waals surface area contributed by atoms with E-state index in [9.17, 15) is 4.79 Å². The Hall–Kier alpha value is -2.21. The van der Waals surface area contributed by atoms with Crippen molar-refractivity contribution in [2.75, 3.05) is 12.4 Å². The number of carbonyl (C=O) groups excluding carboxylic acids is 1. The Morgan fingerprint density at radius 1 is 1.40 bits per heavy atom. The first-order valence-electron chi connectivity index (χ1n) is 6.20. The number of nitrogens with two attached hydrogens (primary N) is 1. The van der Waals surface area contributed by atoms with Gasteiger partial charge in [0.25, 0.3) is 0 Å². The van der Waals surface area contributed by atoms with Gasteiger partial charge in [-0.25, -0.2) is 4.98 Å². The van der Waals surface area contributed by atoms with Gasteiger partial charge in [-0.15, -0.1) is 0 Å². The predicted octanol–water partition coefficient (Wildman–Crippen LogP) is 1.42. The van der Waals surface area contributed by atoms with E-state index in [-0.39, 0.29) is 10.9 Å². The number of hydrogen-bond donors (Lipinski definition) is 3. The molecule has 1 heterocycles. The zero-order valence-electron chi connectivity index (χ0n) is 11.3. The van der Waals surface area contributed by atoms with E-state index >= 15 is 0 Å². The molecule has 0 spiro atoms. The van der Waals surface area contributed by atoms with Gasteiger partial charge in [-0.2, -0.15) is 0 Å². The number of nitrogens with zero attached hydrogens (tertiary/aromatic N) is 1. The van der Waals surface area contributed by atoms with Gasteiger partial charge in [-0.1, -0.05) is 30.4 Å². The quantitative estimate of drug-likeness (QED) is 0.741. The molecule has 0 aliphatic rings. The molecule has 0 fully saturated rings. The molecule has 4 N–H and O–H groups in total. The summed E-state index contributed by atoms with van der Waals surface area (Å²) >= 11 is 5.06. The number of nitrogens with one attached hydrogen (secondary N) is 2. The Balaban J connectivity index is 2.47. The second kappa shape index (κ2) is 5.83. The maximum atomic E-state index is 11.6. The molecule has 0 aliphatic heterocycles. The molecule has 6 heteroatoms. The van der Waals surface area contributed by atoms with Gasteiger partial charge >= 0.3 is 0 Å². The fourth-order valence-electron chi connectivity index (χ4n) is 1.90. The largest absolute Gasteiger partial charge is 0.389 e. The summed E-state index contributed by atoms with van der Waals surface area (Å²) in [6, 6.07) is 9.12. The van der Waals surface area contributed by atoms with E-state index in [1.165, 1.54) is 0 Å². The van der Waals surface area contributed by atoms with Gasteiger partial charge in [-0.05, 0) is 19.1 Å². The number of benzene rings is 1. The number of pyridine rings is 1. The van der Waals surface area contributed by atoms with Crippen LogP contribution in [0, 0.1) is 0 Å². The number of rotatable bonds is 4. The topological polar surface area (TPSA) is 80.0 Å². The number of amides is 1. The molecular weight excluding hydrogens is 272 g/mol. The third-order valence-corrected chi connectivity index (χ3v) is 3.20. The summed E-state index contributed by atoms with van der Waals surface area (Å²) in [7, 11) is 1.59. The second-order valence-corrected chi connectivity index (χ2v) is 4.86. The van der Waals surface area contributed by atoms with Crippen LogP contribution in [-0.4, -0.2) is 29.0 Å². The van der Waals surface area contributed by atoms with Crippen LogP contribution >= 0.6 is 12.2 Å². The molecule has 2 aromatic rings. The molecule has 0 saturated heterocycles. The van der Waals surface area contributed by atoms with Crippen molar-refractivity contribution in [3.8, 4) is 0 Å². The van der Waals surface area contributed by atoms with Crippen molar-refractivity contribution in [2.45, 2.75) is 13.0 Å². The van der Waals surface area contributed by atoms with Crippen molar-refractivity contribution in [1.29, 1.82) is 0 Å². The van der Waals surface area contributed by atoms with Crippen LogP contribution in [0.2, 0.25) is 0 Å². The SMILES string of the molecule is CNC(=O)C(C)Nc1nc2ccccc2cc1C(N)=S. The van der Waals surface area contributed by atoms with Gasteiger partial charge in [0.2, 0.25) is 5.91 Å². The number of likely N-dealkylation sites (N-methyl/N-ethyl adjacent to an activating group) is 1. The van der Waals surface area contributed by atoms with Crippen LogP contribution in [0.1, 0.15) is 12.5 Å². The molecule has 0 saturated carbocycles. The highest BCUT2D eigenvalue weighted by atomic mass is 32.1. The average molecular weight is 288 g/mol. The molecule has 104 valence electrons. The van der Waals surface area contributed by atoms with E-state index in [4.69, 9.17) is 18.0 Å². The monoisotopic (exact) mass is 288 g/mol. The molecule has 1 unspecified atom stereocenters. The minimum absolute atomic E-state index is 0.131. The first-order chi connectivity index (χ1) is 9.52. The first kappa shape index (κ1) is 14.2. The van der Waals surface area contributed by atoms with Crippen molar-refractivity contribution in [3.63, 3.8) is 0 Å². The lowest BCUT2D eigenvalue weighted by molar-refractivity contribution is -0.121. The lowest BCUT2D eigenvalue weighted by Gasteiger charge is -2.16. The fraction of sp³-hybridized carbons (Fsp3) is 0.214. The van der Waals surface area contributed by atoms with Crippen molar-refractivity contribution >= 4 is 39.8 Å². The van der Waals surface area contributed by atoms with Crippen LogP contribution in [0.4, 0.5) is 5.82 Å². The third-order valence-electron chi connectivity index (χ3n) is 2.98. The molecule has 20 heavy (non-hydrogen) atoms. The molecule has 0 aliphatic carbocycles. The van der Waals surface area contributed by atoms with Crippen LogP contribution in [0.3, 0.4) is 0 Å². The van der Waals surface area contributed by atoms with Gasteiger partial charge < -0.3 is 16.4 Å². The molecule has 1 atom stereocenters. The predicted molar refractivity (Wildman–Crippen MR) is 84.8 cm³/mol. The van der Waals surface area contributed by atoms with Crippen molar-refractivity contribution in [1.82, 2.24) is 10.3 Å². The molecule has 1 aromatic carbocycles. The second-order valence-electron chi connectivity index (χ2n) is 4.42. The van der Waals surface area contributed by atoms with Crippen LogP contribution < -0.4 is 16.4 Å². The molecule has 5 nitrogen and oxygen atoms in total. The van der Waals surface area contributed by atoms with Crippen LogP contribution in [0.15, 0.2) is 30.3 Å². The van der Waals surface area contributed by atoms with Gasteiger partial charge in [0.15, 0.2) is 0 Å². The highest BCUT2D eigenvalue weighted by Crippen LogP contribution is 2.21. The summed E-state index contributed by atoms with van der Waals surface area (Å²) < 4.78 is 0. The summed E-state index contributed by atoms with van der Waals surface area (Å²) in [5, 5.41) is 6.57. The van der Waals surface area contributed by atoms with E-state index in [2.05, 4.69) is 15.6 Å². The molecular formula is C14H16N4OS. The van der Waals surface area contributed by atoms with E-state index < -0.39 is 6.04 Å². The summed E-state index contributed by atoms with van der Waals surface area (Å²) in [5.74, 6) is 0.390. The van der Waals surface area contributed by atoms with Crippen LogP contribution in [-0.2, 0) is 4.79 Å². The number of thiocarbonyl (C=S) groups is 1. The summed E-state index contributed by atoms with van der Waals surface area (Å²) in [5.41, 5.74) is 7.19. The zero-order chi connectivity index (χ0) is 14.7. The molecule has 1 aromatic heterocycles. The molecule has 1 amide bonds. The van der Waals surface area contributed by atoms with Gasteiger partial charge in [0, 0.05) is 12.4 Å². The smallest absolute Gasteiger partial charge is 0.241 e. The van der Waals surface area contributed by atoms with Crippen molar-refractivity contribution in [2.24, 2.45) is 5.73 Å². The molecule has 2 rings (SSSR count). The van der Waals surface area contributed by atoms with E-state index in [0.29, 0.717) is 11.4 Å². The highest BCUT2D eigenvalue weighted by Gasteiger charge is 2.15. The zero-order valence-corrected chi connectivity index (χ0v) is 12.1. The number of anilines is 1. The number of para-hydroxylation sites is 1. The number of aromatic nitrogens is 1. The number of carbonyl (C=O) groups is 1. The van der Waals surface area contributed by atoms with Gasteiger partial charge in [0.1, 0.15) is 16.8 Å². The summed E-state index contributed by atoms with van der Waals surface area (Å²) in [6.07, 6.45) is 0. The van der Waals surface area contributed by atoms with E-state index in [0.717, 1.165) is 10.9 Å². The molecule has 0 radical (unpaired) electrons. The Labute approximate surface area is 122 Å². The third kappa shape index (κ3) is 2.85. The minimum Gasteiger partial charge on any atom is -0.389 e. The number of fused-ring (bicyclic) bond motifs is 1. The lowest BCUT2D eigenvalue weighted by Crippen LogP contribution is -2.36.